The van der Waals surface area contributed by atoms with E-state index < -0.39 is 0 Å². The van der Waals surface area contributed by atoms with Gasteiger partial charge in [-0.15, -0.1) is 11.6 Å². The number of nitrogens with zero attached hydrogens (tertiary/aromatic N) is 1. The number of nitrogens with one attached hydrogen (secondary N) is 1. The van der Waals surface area contributed by atoms with Crippen molar-refractivity contribution < 1.29 is 4.79 Å². The Morgan fingerprint density at radius 3 is 2.59 bits per heavy atom. The van der Waals surface area contributed by atoms with Gasteiger partial charge in [0.1, 0.15) is 5.88 Å². The Hall–Kier alpha value is -1.06. The van der Waals surface area contributed by atoms with Gasteiger partial charge in [-0.05, 0) is 32.3 Å². The van der Waals surface area contributed by atoms with Crippen LogP contribution in [0, 0.1) is 0 Å². The molecule has 0 spiro atoms. The van der Waals surface area contributed by atoms with E-state index in [1.54, 1.807) is 0 Å². The number of alkyl halides is 1. The molecule has 2 atom stereocenters. The minimum absolute atomic E-state index is 0.0452. The zero-order chi connectivity index (χ0) is 15.9. The Balaban J connectivity index is 2.11. The van der Waals surface area contributed by atoms with Crippen LogP contribution in [0.2, 0.25) is 0 Å². The summed E-state index contributed by atoms with van der Waals surface area (Å²) in [5.74, 6) is -0.00850. The lowest BCUT2D eigenvalue weighted by atomic mass is 9.88. The molecule has 3 nitrogen and oxygen atoms in total. The smallest absolute Gasteiger partial charge is 0.235 e. The molecule has 0 unspecified atom stereocenters. The van der Waals surface area contributed by atoms with Gasteiger partial charge in [0.05, 0.1) is 0 Å². The van der Waals surface area contributed by atoms with Crippen LogP contribution in [0.4, 0.5) is 0 Å². The van der Waals surface area contributed by atoms with E-state index >= 15 is 0 Å². The van der Waals surface area contributed by atoms with Crippen LogP contribution in [-0.4, -0.2) is 34.8 Å². The van der Waals surface area contributed by atoms with Crippen molar-refractivity contribution in [1.82, 2.24) is 10.2 Å². The van der Waals surface area contributed by atoms with Gasteiger partial charge in [0, 0.05) is 24.7 Å². The lowest BCUT2D eigenvalue weighted by Crippen LogP contribution is -2.55. The first-order chi connectivity index (χ1) is 10.6. The minimum Gasteiger partial charge on any atom is -0.351 e. The molecule has 0 heterocycles. The van der Waals surface area contributed by atoms with E-state index in [2.05, 4.69) is 48.3 Å². The summed E-state index contributed by atoms with van der Waals surface area (Å²) in [5.41, 5.74) is 1.32. The van der Waals surface area contributed by atoms with Crippen LogP contribution in [0.1, 0.15) is 45.1 Å². The second-order valence-corrected chi connectivity index (χ2v) is 6.68. The molecule has 1 amide bonds. The third-order valence-electron chi connectivity index (χ3n) is 4.49. The van der Waals surface area contributed by atoms with Crippen LogP contribution < -0.4 is 5.32 Å². The Labute approximate surface area is 139 Å². The molecule has 0 aliphatic heterocycles. The molecule has 1 aromatic carbocycles. The fraction of sp³-hybridized carbons (Fsp3) is 0.611. The topological polar surface area (TPSA) is 32.3 Å². The van der Waals surface area contributed by atoms with Crippen LogP contribution in [0.15, 0.2) is 30.3 Å². The van der Waals surface area contributed by atoms with Gasteiger partial charge in [-0.2, -0.15) is 0 Å². The standard InChI is InChI=1S/C18H27ClN2O/c1-14(2)21(13-15-8-4-3-5-9-15)17-11-7-6-10-16(17)20-18(22)12-19/h3-5,8-9,14,16-17H,6-7,10-13H2,1-2H3,(H,20,22)/t16-,17+/m0/s1. The van der Waals surface area contributed by atoms with Crippen molar-refractivity contribution in [1.29, 1.82) is 0 Å². The maximum absolute atomic E-state index is 11.7. The number of hydrogen-bond acceptors (Lipinski definition) is 2. The van der Waals surface area contributed by atoms with Crippen LogP contribution >= 0.6 is 11.6 Å². The van der Waals surface area contributed by atoms with Crippen molar-refractivity contribution in [2.75, 3.05) is 5.88 Å². The molecule has 1 aromatic rings. The molecular weight excluding hydrogens is 296 g/mol. The second kappa shape index (κ2) is 8.54. The van der Waals surface area contributed by atoms with E-state index in [1.807, 2.05) is 6.07 Å². The van der Waals surface area contributed by atoms with Gasteiger partial charge in [0.15, 0.2) is 0 Å². The van der Waals surface area contributed by atoms with Gasteiger partial charge in [-0.25, -0.2) is 0 Å². The molecule has 0 saturated heterocycles. The molecule has 1 saturated carbocycles. The second-order valence-electron chi connectivity index (χ2n) is 6.41. The van der Waals surface area contributed by atoms with E-state index in [0.29, 0.717) is 12.1 Å². The molecule has 2 rings (SSSR count). The summed E-state index contributed by atoms with van der Waals surface area (Å²) in [6.07, 6.45) is 4.60. The van der Waals surface area contributed by atoms with Gasteiger partial charge in [0.25, 0.3) is 0 Å². The normalized spacial score (nSPS) is 22.0. The summed E-state index contributed by atoms with van der Waals surface area (Å²) in [5, 5.41) is 3.13. The van der Waals surface area contributed by atoms with E-state index in [1.165, 1.54) is 18.4 Å². The largest absolute Gasteiger partial charge is 0.351 e. The van der Waals surface area contributed by atoms with Crippen molar-refractivity contribution in [2.45, 2.75) is 64.2 Å². The average Bonchev–Trinajstić information content (AvgIpc) is 2.54. The molecule has 1 aliphatic carbocycles. The molecule has 1 N–H and O–H groups in total. The Morgan fingerprint density at radius 2 is 1.95 bits per heavy atom. The lowest BCUT2D eigenvalue weighted by molar-refractivity contribution is -0.120. The van der Waals surface area contributed by atoms with Crippen molar-refractivity contribution >= 4 is 17.5 Å². The van der Waals surface area contributed by atoms with Gasteiger partial charge in [-0.3, -0.25) is 9.69 Å². The highest BCUT2D eigenvalue weighted by atomic mass is 35.5. The van der Waals surface area contributed by atoms with Crippen LogP contribution in [0.5, 0.6) is 0 Å². The SMILES string of the molecule is CC(C)N(Cc1ccccc1)[C@@H]1CCCC[C@@H]1NC(=O)CCl. The zero-order valence-corrected chi connectivity index (χ0v) is 14.4. The predicted molar refractivity (Wildman–Crippen MR) is 92.0 cm³/mol. The van der Waals surface area contributed by atoms with E-state index in [4.69, 9.17) is 11.6 Å². The van der Waals surface area contributed by atoms with E-state index in [0.717, 1.165) is 19.4 Å². The highest BCUT2D eigenvalue weighted by molar-refractivity contribution is 6.27. The van der Waals surface area contributed by atoms with Crippen LogP contribution in [0.3, 0.4) is 0 Å². The lowest BCUT2D eigenvalue weighted by Gasteiger charge is -2.42. The number of carbonyl (C=O) groups is 1. The third-order valence-corrected chi connectivity index (χ3v) is 4.74. The quantitative estimate of drug-likeness (QED) is 0.812. The molecule has 122 valence electrons. The molecular formula is C18H27ClN2O. The first-order valence-corrected chi connectivity index (χ1v) is 8.80. The number of hydrogen-bond donors (Lipinski definition) is 1. The molecule has 0 bridgehead atoms. The summed E-state index contributed by atoms with van der Waals surface area (Å²) in [7, 11) is 0. The number of rotatable bonds is 6. The third kappa shape index (κ3) is 4.72. The van der Waals surface area contributed by atoms with Crippen molar-refractivity contribution in [3.63, 3.8) is 0 Å². The van der Waals surface area contributed by atoms with Crippen molar-refractivity contribution in [2.24, 2.45) is 0 Å². The Morgan fingerprint density at radius 1 is 1.27 bits per heavy atom. The van der Waals surface area contributed by atoms with E-state index in [-0.39, 0.29) is 17.8 Å². The Bertz CT molecular complexity index is 463. The number of benzene rings is 1. The van der Waals surface area contributed by atoms with Crippen LogP contribution in [0.25, 0.3) is 0 Å². The monoisotopic (exact) mass is 322 g/mol. The maximum Gasteiger partial charge on any atom is 0.235 e. The summed E-state index contributed by atoms with van der Waals surface area (Å²) in [6.45, 7) is 5.40. The number of halogens is 1. The molecule has 0 radical (unpaired) electrons. The van der Waals surface area contributed by atoms with Crippen molar-refractivity contribution in [3.8, 4) is 0 Å². The highest BCUT2D eigenvalue weighted by Gasteiger charge is 2.32. The Kier molecular flexibility index (Phi) is 6.71. The first-order valence-electron chi connectivity index (χ1n) is 8.27. The summed E-state index contributed by atoms with van der Waals surface area (Å²) >= 11 is 5.67. The van der Waals surface area contributed by atoms with E-state index in [9.17, 15) is 4.79 Å². The van der Waals surface area contributed by atoms with Crippen LogP contribution in [-0.2, 0) is 11.3 Å². The minimum atomic E-state index is -0.0537. The van der Waals surface area contributed by atoms with Crippen molar-refractivity contribution in [3.05, 3.63) is 35.9 Å². The highest BCUT2D eigenvalue weighted by Crippen LogP contribution is 2.26. The fourth-order valence-corrected chi connectivity index (χ4v) is 3.48. The molecule has 0 aromatic heterocycles. The molecule has 4 heteroatoms. The predicted octanol–water partition coefficient (Wildman–Crippen LogP) is 3.56. The van der Waals surface area contributed by atoms with Gasteiger partial charge in [0.2, 0.25) is 5.91 Å². The molecule has 1 aliphatic rings. The average molecular weight is 323 g/mol. The number of carbonyl (C=O) groups excluding carboxylic acids is 1. The van der Waals surface area contributed by atoms with Gasteiger partial charge in [-0.1, -0.05) is 43.2 Å². The summed E-state index contributed by atoms with van der Waals surface area (Å²) in [6, 6.07) is 11.6. The van der Waals surface area contributed by atoms with Gasteiger partial charge >= 0.3 is 0 Å². The summed E-state index contributed by atoms with van der Waals surface area (Å²) < 4.78 is 0. The maximum atomic E-state index is 11.7. The van der Waals surface area contributed by atoms with Gasteiger partial charge < -0.3 is 5.32 Å². The first kappa shape index (κ1) is 17.3. The fourth-order valence-electron chi connectivity index (χ4n) is 3.40. The zero-order valence-electron chi connectivity index (χ0n) is 13.6. The molecule has 1 fully saturated rings. The summed E-state index contributed by atoms with van der Waals surface area (Å²) in [4.78, 5) is 14.2. The number of amides is 1. The molecule has 22 heavy (non-hydrogen) atoms.